The summed E-state index contributed by atoms with van der Waals surface area (Å²) in [7, 11) is 1.61. The third kappa shape index (κ3) is 5.13. The Balaban J connectivity index is 1.69. The number of hydrogen-bond acceptors (Lipinski definition) is 3. The number of carboxylic acid groups (broad SMARTS) is 1. The molecule has 28 heavy (non-hydrogen) atoms. The largest absolute Gasteiger partial charge is 0.497 e. The molecule has 0 fully saturated rings. The van der Waals surface area contributed by atoms with Gasteiger partial charge >= 0.3 is 5.97 Å². The van der Waals surface area contributed by atoms with Crippen LogP contribution in [0, 0.1) is 0 Å². The fourth-order valence-corrected chi connectivity index (χ4v) is 3.30. The number of nitrogens with one attached hydrogen (secondary N) is 2. The van der Waals surface area contributed by atoms with Gasteiger partial charge in [-0.05, 0) is 42.2 Å². The maximum absolute atomic E-state index is 12.7. The summed E-state index contributed by atoms with van der Waals surface area (Å²) < 4.78 is 5.27. The normalized spacial score (nSPS) is 11.9. The molecular weight excluding hydrogens is 356 g/mol. The molecule has 0 bridgehead atoms. The lowest BCUT2D eigenvalue weighted by molar-refractivity contribution is -0.137. The second kappa shape index (κ2) is 9.08. The Labute approximate surface area is 163 Å². The maximum Gasteiger partial charge on any atom is 0.303 e. The highest BCUT2D eigenvalue weighted by Gasteiger charge is 2.16. The zero-order valence-electron chi connectivity index (χ0n) is 15.8. The molecule has 0 radical (unpaired) electrons. The number of rotatable bonds is 9. The van der Waals surface area contributed by atoms with E-state index in [1.807, 2.05) is 54.7 Å². The van der Waals surface area contributed by atoms with Crippen LogP contribution in [-0.2, 0) is 22.4 Å². The Hall–Kier alpha value is -3.28. The summed E-state index contributed by atoms with van der Waals surface area (Å²) >= 11 is 0. The lowest BCUT2D eigenvalue weighted by atomic mass is 10.0. The van der Waals surface area contributed by atoms with Gasteiger partial charge in [-0.3, -0.25) is 9.59 Å². The molecular formula is C22H24N2O4. The van der Waals surface area contributed by atoms with Gasteiger partial charge in [-0.1, -0.05) is 30.3 Å². The number of aromatic amines is 1. The van der Waals surface area contributed by atoms with Gasteiger partial charge in [0.2, 0.25) is 5.91 Å². The van der Waals surface area contributed by atoms with Crippen molar-refractivity contribution in [3.8, 4) is 5.75 Å². The minimum absolute atomic E-state index is 0.0159. The molecule has 3 aromatic rings. The molecule has 3 rings (SSSR count). The second-order valence-corrected chi connectivity index (χ2v) is 6.79. The van der Waals surface area contributed by atoms with Gasteiger partial charge in [-0.2, -0.15) is 0 Å². The molecule has 0 spiro atoms. The Morgan fingerprint density at radius 2 is 1.96 bits per heavy atom. The van der Waals surface area contributed by atoms with Gasteiger partial charge in [0.05, 0.1) is 13.5 Å². The molecule has 0 aliphatic heterocycles. The number of benzene rings is 2. The number of fused-ring (bicyclic) bond motifs is 1. The number of hydrogen-bond donors (Lipinski definition) is 3. The van der Waals surface area contributed by atoms with E-state index >= 15 is 0 Å². The van der Waals surface area contributed by atoms with E-state index in [2.05, 4.69) is 10.3 Å². The van der Waals surface area contributed by atoms with Crippen molar-refractivity contribution in [1.29, 1.82) is 0 Å². The van der Waals surface area contributed by atoms with Gasteiger partial charge in [0.15, 0.2) is 0 Å². The Bertz CT molecular complexity index is 950. The van der Waals surface area contributed by atoms with Gasteiger partial charge in [0, 0.05) is 29.6 Å². The van der Waals surface area contributed by atoms with Crippen molar-refractivity contribution in [3.63, 3.8) is 0 Å². The number of aliphatic carboxylic acids is 1. The molecule has 1 heterocycles. The molecule has 1 unspecified atom stereocenters. The molecule has 6 nitrogen and oxygen atoms in total. The number of H-pyrrole nitrogens is 1. The molecule has 6 heteroatoms. The quantitative estimate of drug-likeness (QED) is 0.531. The summed E-state index contributed by atoms with van der Waals surface area (Å²) in [4.78, 5) is 26.8. The van der Waals surface area contributed by atoms with Crippen molar-refractivity contribution in [2.24, 2.45) is 0 Å². The average molecular weight is 380 g/mol. The van der Waals surface area contributed by atoms with E-state index in [1.165, 1.54) is 0 Å². The summed E-state index contributed by atoms with van der Waals surface area (Å²) in [6.45, 7) is 0. The number of ether oxygens (including phenoxy) is 1. The number of carbonyl (C=O) groups is 2. The fraction of sp³-hybridized carbons (Fsp3) is 0.273. The number of carbonyl (C=O) groups excluding carboxylic acids is 1. The molecule has 0 aliphatic carbocycles. The molecule has 2 aromatic carbocycles. The van der Waals surface area contributed by atoms with E-state index in [-0.39, 0.29) is 24.8 Å². The van der Waals surface area contributed by atoms with Crippen LogP contribution in [0.15, 0.2) is 54.7 Å². The predicted octanol–water partition coefficient (Wildman–Crippen LogP) is 3.31. The fourth-order valence-electron chi connectivity index (χ4n) is 3.30. The van der Waals surface area contributed by atoms with Crippen molar-refractivity contribution >= 4 is 22.8 Å². The first kappa shape index (κ1) is 19.5. The Kier molecular flexibility index (Phi) is 6.32. The van der Waals surface area contributed by atoms with E-state index < -0.39 is 5.97 Å². The highest BCUT2D eigenvalue weighted by molar-refractivity contribution is 5.89. The van der Waals surface area contributed by atoms with Crippen LogP contribution >= 0.6 is 0 Å². The smallest absolute Gasteiger partial charge is 0.303 e. The van der Waals surface area contributed by atoms with Crippen molar-refractivity contribution in [2.45, 2.75) is 31.7 Å². The van der Waals surface area contributed by atoms with Crippen LogP contribution in [-0.4, -0.2) is 35.1 Å². The highest BCUT2D eigenvalue weighted by atomic mass is 16.5. The molecule has 3 N–H and O–H groups in total. The van der Waals surface area contributed by atoms with E-state index in [4.69, 9.17) is 9.84 Å². The van der Waals surface area contributed by atoms with Gasteiger partial charge < -0.3 is 20.1 Å². The first-order chi connectivity index (χ1) is 13.5. The molecule has 1 aromatic heterocycles. The molecule has 0 saturated carbocycles. The Morgan fingerprint density at radius 3 is 2.68 bits per heavy atom. The predicted molar refractivity (Wildman–Crippen MR) is 108 cm³/mol. The summed E-state index contributed by atoms with van der Waals surface area (Å²) in [6.07, 6.45) is 3.04. The third-order valence-corrected chi connectivity index (χ3v) is 4.72. The minimum atomic E-state index is -0.865. The van der Waals surface area contributed by atoms with Crippen LogP contribution in [0.5, 0.6) is 5.75 Å². The first-order valence-electron chi connectivity index (χ1n) is 9.24. The van der Waals surface area contributed by atoms with Gasteiger partial charge in [-0.25, -0.2) is 0 Å². The lowest BCUT2D eigenvalue weighted by Gasteiger charge is -2.18. The van der Waals surface area contributed by atoms with Crippen LogP contribution in [0.1, 0.15) is 24.0 Å². The van der Waals surface area contributed by atoms with Crippen molar-refractivity contribution in [3.05, 3.63) is 65.9 Å². The van der Waals surface area contributed by atoms with E-state index in [9.17, 15) is 9.59 Å². The monoisotopic (exact) mass is 380 g/mol. The SMILES string of the molecule is COc1ccc2[nH]cc(CC(=O)NC(CCC(=O)O)Cc3ccccc3)c2c1. The van der Waals surface area contributed by atoms with Crippen LogP contribution in [0.3, 0.4) is 0 Å². The Morgan fingerprint density at radius 1 is 1.18 bits per heavy atom. The van der Waals surface area contributed by atoms with Gasteiger partial charge in [0.25, 0.3) is 0 Å². The number of amides is 1. The highest BCUT2D eigenvalue weighted by Crippen LogP contribution is 2.24. The van der Waals surface area contributed by atoms with Crippen molar-refractivity contribution < 1.29 is 19.4 Å². The second-order valence-electron chi connectivity index (χ2n) is 6.79. The lowest BCUT2D eigenvalue weighted by Crippen LogP contribution is -2.37. The van der Waals surface area contributed by atoms with Gasteiger partial charge in [-0.15, -0.1) is 0 Å². The molecule has 1 amide bonds. The van der Waals surface area contributed by atoms with Crippen LogP contribution in [0.2, 0.25) is 0 Å². The molecule has 146 valence electrons. The number of carboxylic acids is 1. The van der Waals surface area contributed by atoms with Crippen molar-refractivity contribution in [2.75, 3.05) is 7.11 Å². The van der Waals surface area contributed by atoms with E-state index in [0.29, 0.717) is 12.8 Å². The third-order valence-electron chi connectivity index (χ3n) is 4.72. The molecule has 0 saturated heterocycles. The number of aromatic nitrogens is 1. The van der Waals surface area contributed by atoms with Crippen LogP contribution in [0.25, 0.3) is 10.9 Å². The maximum atomic E-state index is 12.7. The zero-order valence-corrected chi connectivity index (χ0v) is 15.8. The van der Waals surface area contributed by atoms with Crippen LogP contribution in [0.4, 0.5) is 0 Å². The summed E-state index contributed by atoms with van der Waals surface area (Å²) in [6, 6.07) is 15.2. The van der Waals surface area contributed by atoms with E-state index in [1.54, 1.807) is 7.11 Å². The minimum Gasteiger partial charge on any atom is -0.497 e. The topological polar surface area (TPSA) is 91.4 Å². The standard InChI is InChI=1S/C22H24N2O4/c1-28-18-8-9-20-19(13-18)16(14-23-20)12-21(25)24-17(7-10-22(26)27)11-15-5-3-2-4-6-15/h2-6,8-9,13-14,17,23H,7,10-12H2,1H3,(H,24,25)(H,26,27). The molecule has 0 aliphatic rings. The van der Waals surface area contributed by atoms with E-state index in [0.717, 1.165) is 27.8 Å². The summed E-state index contributed by atoms with van der Waals surface area (Å²) in [5, 5.41) is 13.0. The van der Waals surface area contributed by atoms with Gasteiger partial charge in [0.1, 0.15) is 5.75 Å². The average Bonchev–Trinajstić information content (AvgIpc) is 3.08. The van der Waals surface area contributed by atoms with Crippen molar-refractivity contribution in [1.82, 2.24) is 10.3 Å². The summed E-state index contributed by atoms with van der Waals surface area (Å²) in [5.41, 5.74) is 2.88. The molecule has 1 atom stereocenters. The van der Waals surface area contributed by atoms with Crippen LogP contribution < -0.4 is 10.1 Å². The number of methoxy groups -OCH3 is 1. The zero-order chi connectivity index (χ0) is 19.9. The summed E-state index contributed by atoms with van der Waals surface area (Å²) in [5.74, 6) is -0.261. The first-order valence-corrected chi connectivity index (χ1v) is 9.24.